The molecule has 110 valence electrons. The molecule has 0 bridgehead atoms. The van der Waals surface area contributed by atoms with Gasteiger partial charge in [-0.1, -0.05) is 12.1 Å². The third-order valence-corrected chi connectivity index (χ3v) is 2.97. The van der Waals surface area contributed by atoms with Crippen molar-refractivity contribution < 1.29 is 9.59 Å². The molecule has 20 heavy (non-hydrogen) atoms. The van der Waals surface area contributed by atoms with Crippen LogP contribution in [0.25, 0.3) is 0 Å². The normalized spacial score (nSPS) is 11.2. The lowest BCUT2D eigenvalue weighted by atomic mass is 9.99. The van der Waals surface area contributed by atoms with Crippen LogP contribution in [0, 0.1) is 0 Å². The number of nitrogens with two attached hydrogens (primary N) is 1. The van der Waals surface area contributed by atoms with Crippen molar-refractivity contribution in [1.29, 1.82) is 0 Å². The Kier molecular flexibility index (Phi) is 5.27. The van der Waals surface area contributed by atoms with Crippen LogP contribution in [0.3, 0.4) is 0 Å². The summed E-state index contributed by atoms with van der Waals surface area (Å²) in [6.45, 7) is 4.42. The lowest BCUT2D eigenvalue weighted by molar-refractivity contribution is -0.119. The Balaban J connectivity index is 2.72. The zero-order valence-electron chi connectivity index (χ0n) is 12.6. The zero-order valence-corrected chi connectivity index (χ0v) is 12.6. The molecule has 0 aliphatic heterocycles. The van der Waals surface area contributed by atoms with E-state index < -0.39 is 0 Å². The Morgan fingerprint density at radius 2 is 1.95 bits per heavy atom. The topological polar surface area (TPSA) is 75.4 Å². The van der Waals surface area contributed by atoms with Crippen LogP contribution < -0.4 is 11.1 Å². The summed E-state index contributed by atoms with van der Waals surface area (Å²) in [4.78, 5) is 24.4. The molecule has 1 aromatic carbocycles. The van der Waals surface area contributed by atoms with Crippen molar-refractivity contribution >= 4 is 11.8 Å². The highest BCUT2D eigenvalue weighted by molar-refractivity contribution is 5.94. The number of hydrogen-bond acceptors (Lipinski definition) is 3. The average Bonchev–Trinajstić information content (AvgIpc) is 2.34. The van der Waals surface area contributed by atoms with E-state index in [4.69, 9.17) is 5.73 Å². The third-order valence-electron chi connectivity index (χ3n) is 2.97. The van der Waals surface area contributed by atoms with Gasteiger partial charge in [0.2, 0.25) is 5.91 Å². The number of amides is 2. The number of carbonyl (C=O) groups excluding carboxylic acids is 2. The van der Waals surface area contributed by atoms with E-state index in [1.807, 2.05) is 32.0 Å². The minimum Gasteiger partial charge on any atom is -0.370 e. The monoisotopic (exact) mass is 277 g/mol. The molecule has 2 amide bonds. The molecule has 0 fully saturated rings. The molecule has 0 saturated heterocycles. The van der Waals surface area contributed by atoms with Gasteiger partial charge in [0.05, 0.1) is 0 Å². The van der Waals surface area contributed by atoms with E-state index >= 15 is 0 Å². The number of benzene rings is 1. The summed E-state index contributed by atoms with van der Waals surface area (Å²) in [5, 5.41) is 3.28. The number of primary amides is 1. The highest BCUT2D eigenvalue weighted by atomic mass is 16.2. The Morgan fingerprint density at radius 3 is 2.50 bits per heavy atom. The maximum Gasteiger partial charge on any atom is 0.253 e. The van der Waals surface area contributed by atoms with E-state index in [0.717, 1.165) is 5.56 Å². The fourth-order valence-corrected chi connectivity index (χ4v) is 1.91. The van der Waals surface area contributed by atoms with Crippen LogP contribution in [0.2, 0.25) is 0 Å². The first-order chi connectivity index (χ1) is 9.21. The number of nitrogens with one attached hydrogen (secondary N) is 1. The van der Waals surface area contributed by atoms with Crippen molar-refractivity contribution in [1.82, 2.24) is 10.2 Å². The van der Waals surface area contributed by atoms with Gasteiger partial charge in [-0.05, 0) is 31.5 Å². The summed E-state index contributed by atoms with van der Waals surface area (Å²) in [5.74, 6) is -0.359. The second-order valence-electron chi connectivity index (χ2n) is 5.78. The highest BCUT2D eigenvalue weighted by Crippen LogP contribution is 2.11. The molecule has 0 radical (unpaired) electrons. The molecule has 0 aliphatic carbocycles. The van der Waals surface area contributed by atoms with Gasteiger partial charge < -0.3 is 16.0 Å². The standard InChI is InChI=1S/C15H23N3O2/c1-15(2,9-13(16)19)17-10-11-6-5-7-12(8-11)14(20)18(3)4/h5-8,17H,9-10H2,1-4H3,(H2,16,19). The van der Waals surface area contributed by atoms with Gasteiger partial charge in [0, 0.05) is 38.2 Å². The van der Waals surface area contributed by atoms with Crippen LogP contribution in [-0.2, 0) is 11.3 Å². The number of rotatable bonds is 6. The summed E-state index contributed by atoms with van der Waals surface area (Å²) >= 11 is 0. The molecule has 1 aromatic rings. The molecular formula is C15H23N3O2. The minimum atomic E-state index is -0.368. The van der Waals surface area contributed by atoms with Crippen LogP contribution in [0.4, 0.5) is 0 Å². The predicted molar refractivity (Wildman–Crippen MR) is 79.2 cm³/mol. The van der Waals surface area contributed by atoms with Gasteiger partial charge in [-0.3, -0.25) is 9.59 Å². The second-order valence-corrected chi connectivity index (χ2v) is 5.78. The quantitative estimate of drug-likeness (QED) is 0.818. The molecule has 0 spiro atoms. The smallest absolute Gasteiger partial charge is 0.253 e. The third kappa shape index (κ3) is 5.01. The van der Waals surface area contributed by atoms with Crippen molar-refractivity contribution in [3.8, 4) is 0 Å². The van der Waals surface area contributed by atoms with E-state index in [1.54, 1.807) is 25.1 Å². The lowest BCUT2D eigenvalue weighted by Crippen LogP contribution is -2.42. The molecule has 5 nitrogen and oxygen atoms in total. The maximum atomic E-state index is 11.9. The summed E-state index contributed by atoms with van der Waals surface area (Å²) in [5.41, 5.74) is 6.50. The van der Waals surface area contributed by atoms with Crippen LogP contribution in [0.1, 0.15) is 36.2 Å². The van der Waals surface area contributed by atoms with Crippen LogP contribution in [0.15, 0.2) is 24.3 Å². The number of nitrogens with zero attached hydrogens (tertiary/aromatic N) is 1. The molecule has 3 N–H and O–H groups in total. The van der Waals surface area contributed by atoms with Crippen molar-refractivity contribution in [2.75, 3.05) is 14.1 Å². The Morgan fingerprint density at radius 1 is 1.30 bits per heavy atom. The minimum absolute atomic E-state index is 0.0248. The van der Waals surface area contributed by atoms with E-state index in [2.05, 4.69) is 5.32 Å². The molecule has 5 heteroatoms. The zero-order chi connectivity index (χ0) is 15.3. The fraction of sp³-hybridized carbons (Fsp3) is 0.467. The van der Waals surface area contributed by atoms with E-state index in [9.17, 15) is 9.59 Å². The Labute approximate surface area is 120 Å². The van der Waals surface area contributed by atoms with Crippen LogP contribution >= 0.6 is 0 Å². The summed E-state index contributed by atoms with van der Waals surface area (Å²) in [6.07, 6.45) is 0.267. The van der Waals surface area contributed by atoms with Crippen molar-refractivity contribution in [2.45, 2.75) is 32.4 Å². The summed E-state index contributed by atoms with van der Waals surface area (Å²) in [7, 11) is 3.45. The predicted octanol–water partition coefficient (Wildman–Crippen LogP) is 1.13. The van der Waals surface area contributed by atoms with Gasteiger partial charge in [-0.15, -0.1) is 0 Å². The molecule has 0 atom stereocenters. The van der Waals surface area contributed by atoms with Gasteiger partial charge in [0.25, 0.3) is 5.91 Å². The Hall–Kier alpha value is -1.88. The number of hydrogen-bond donors (Lipinski definition) is 2. The summed E-state index contributed by atoms with van der Waals surface area (Å²) < 4.78 is 0. The Bertz CT molecular complexity index is 496. The van der Waals surface area contributed by atoms with Gasteiger partial charge in [0.1, 0.15) is 0 Å². The van der Waals surface area contributed by atoms with Crippen LogP contribution in [0.5, 0.6) is 0 Å². The van der Waals surface area contributed by atoms with Crippen molar-refractivity contribution in [3.05, 3.63) is 35.4 Å². The maximum absolute atomic E-state index is 11.9. The first-order valence-corrected chi connectivity index (χ1v) is 6.55. The largest absolute Gasteiger partial charge is 0.370 e. The molecule has 0 saturated carbocycles. The SMILES string of the molecule is CN(C)C(=O)c1cccc(CNC(C)(C)CC(N)=O)c1. The first-order valence-electron chi connectivity index (χ1n) is 6.55. The highest BCUT2D eigenvalue weighted by Gasteiger charge is 2.19. The fourth-order valence-electron chi connectivity index (χ4n) is 1.91. The van der Waals surface area contributed by atoms with E-state index in [0.29, 0.717) is 12.1 Å². The van der Waals surface area contributed by atoms with E-state index in [-0.39, 0.29) is 23.8 Å². The molecule has 1 rings (SSSR count). The van der Waals surface area contributed by atoms with Crippen molar-refractivity contribution in [3.63, 3.8) is 0 Å². The molecular weight excluding hydrogens is 254 g/mol. The first kappa shape index (κ1) is 16.2. The molecule has 0 unspecified atom stereocenters. The lowest BCUT2D eigenvalue weighted by Gasteiger charge is -2.25. The molecule has 0 aliphatic rings. The van der Waals surface area contributed by atoms with Gasteiger partial charge in [-0.25, -0.2) is 0 Å². The number of carbonyl (C=O) groups is 2. The molecule has 0 heterocycles. The van der Waals surface area contributed by atoms with Gasteiger partial charge >= 0.3 is 0 Å². The van der Waals surface area contributed by atoms with Gasteiger partial charge in [-0.2, -0.15) is 0 Å². The van der Waals surface area contributed by atoms with Crippen molar-refractivity contribution in [2.24, 2.45) is 5.73 Å². The average molecular weight is 277 g/mol. The van der Waals surface area contributed by atoms with Gasteiger partial charge in [0.15, 0.2) is 0 Å². The van der Waals surface area contributed by atoms with E-state index in [1.165, 1.54) is 0 Å². The summed E-state index contributed by atoms with van der Waals surface area (Å²) in [6, 6.07) is 7.45. The molecule has 0 aromatic heterocycles. The van der Waals surface area contributed by atoms with Crippen LogP contribution in [-0.4, -0.2) is 36.3 Å². The second kappa shape index (κ2) is 6.52.